The van der Waals surface area contributed by atoms with E-state index < -0.39 is 0 Å². The van der Waals surface area contributed by atoms with Crippen LogP contribution in [0.2, 0.25) is 0 Å². The van der Waals surface area contributed by atoms with Crippen LogP contribution in [0.1, 0.15) is 25.5 Å². The second kappa shape index (κ2) is 2.76. The van der Waals surface area contributed by atoms with Gasteiger partial charge in [-0.25, -0.2) is 0 Å². The summed E-state index contributed by atoms with van der Waals surface area (Å²) in [7, 11) is 0. The van der Waals surface area contributed by atoms with Gasteiger partial charge in [-0.1, -0.05) is 23.1 Å². The molecule has 1 heterocycles. The number of para-hydroxylation sites is 1. The maximum absolute atomic E-state index is 11.5. The van der Waals surface area contributed by atoms with Gasteiger partial charge in [0.05, 0.1) is 5.56 Å². The number of aliphatic imine (C=N–C) groups is 1. The van der Waals surface area contributed by atoms with Crippen molar-refractivity contribution in [2.24, 2.45) is 4.99 Å². The molecule has 1 aromatic rings. The average Bonchev–Trinajstić information content (AvgIpc) is 2.15. The van der Waals surface area contributed by atoms with Crippen LogP contribution in [0.5, 0.6) is 0 Å². The molecule has 0 bridgehead atoms. The summed E-state index contributed by atoms with van der Waals surface area (Å²) in [6, 6.07) is 7.62. The van der Waals surface area contributed by atoms with Crippen LogP contribution >= 0.6 is 0 Å². The van der Waals surface area contributed by atoms with Crippen molar-refractivity contribution in [1.82, 2.24) is 0 Å². The molecule has 0 saturated carbocycles. The van der Waals surface area contributed by atoms with Crippen LogP contribution in [0.4, 0.5) is 5.69 Å². The van der Waals surface area contributed by atoms with E-state index in [4.69, 9.17) is 0 Å². The van der Waals surface area contributed by atoms with E-state index in [1.54, 1.807) is 6.92 Å². The number of rotatable bonds is 0. The minimum atomic E-state index is -0.117. The second-order valence-electron chi connectivity index (χ2n) is 3.22. The van der Waals surface area contributed by atoms with Crippen LogP contribution in [0.15, 0.2) is 29.3 Å². The van der Waals surface area contributed by atoms with E-state index in [-0.39, 0.29) is 6.04 Å². The van der Waals surface area contributed by atoms with Crippen molar-refractivity contribution in [2.75, 3.05) is 0 Å². The van der Waals surface area contributed by atoms with Crippen LogP contribution in [0, 0.1) is 4.91 Å². The lowest BCUT2D eigenvalue weighted by molar-refractivity contribution is -0.480. The van der Waals surface area contributed by atoms with E-state index in [9.17, 15) is 4.91 Å². The molecular weight excluding hydrogens is 164 g/mol. The number of hydrogen-bond donors (Lipinski definition) is 0. The van der Waals surface area contributed by atoms with Crippen LogP contribution in [0.25, 0.3) is 0 Å². The van der Waals surface area contributed by atoms with Gasteiger partial charge in [0.2, 0.25) is 0 Å². The molecule has 1 aliphatic heterocycles. The van der Waals surface area contributed by atoms with Crippen molar-refractivity contribution in [3.8, 4) is 0 Å². The Bertz CT molecular complexity index is 396. The molecule has 0 fully saturated rings. The van der Waals surface area contributed by atoms with E-state index in [1.165, 1.54) is 0 Å². The fourth-order valence-corrected chi connectivity index (χ4v) is 1.57. The number of fused-ring (bicyclic) bond motifs is 1. The average molecular weight is 175 g/mol. The van der Waals surface area contributed by atoms with Crippen molar-refractivity contribution in [3.63, 3.8) is 0 Å². The van der Waals surface area contributed by atoms with E-state index in [1.807, 2.05) is 31.2 Å². The third-order valence-electron chi connectivity index (χ3n) is 2.34. The van der Waals surface area contributed by atoms with Crippen LogP contribution in [-0.4, -0.2) is 10.6 Å². The molecule has 3 nitrogen and oxygen atoms in total. The van der Waals surface area contributed by atoms with Gasteiger partial charge in [-0.15, -0.1) is 0 Å². The Morgan fingerprint density at radius 3 is 2.85 bits per heavy atom. The largest absolute Gasteiger partial charge is 0.334 e. The summed E-state index contributed by atoms with van der Waals surface area (Å²) in [6.45, 7) is 3.63. The maximum atomic E-state index is 11.5. The monoisotopic (exact) mass is 175 g/mol. The quantitative estimate of drug-likeness (QED) is 0.558. The lowest BCUT2D eigenvalue weighted by Crippen LogP contribution is -2.22. The molecule has 2 rings (SSSR count). The first-order chi connectivity index (χ1) is 6.20. The smallest absolute Gasteiger partial charge is 0.0648 e. The van der Waals surface area contributed by atoms with Crippen molar-refractivity contribution in [3.05, 3.63) is 34.7 Å². The first kappa shape index (κ1) is 8.10. The van der Waals surface area contributed by atoms with Gasteiger partial charge in [-0.2, -0.15) is 0 Å². The lowest BCUT2D eigenvalue weighted by Gasteiger charge is -2.11. The Kier molecular flexibility index (Phi) is 1.72. The molecule has 0 amide bonds. The number of nitrogens with zero attached hydrogens (tertiary/aromatic N) is 2. The summed E-state index contributed by atoms with van der Waals surface area (Å²) in [5, 5.41) is 0. The Morgan fingerprint density at radius 2 is 2.08 bits per heavy atom. The Balaban J connectivity index is 2.63. The molecule has 1 aliphatic rings. The number of nitroso groups, excluding NO2 is 1. The van der Waals surface area contributed by atoms with Crippen LogP contribution in [-0.2, 0) is 0 Å². The molecule has 1 unspecified atom stereocenters. The summed E-state index contributed by atoms with van der Waals surface area (Å²) in [4.78, 5) is 15.7. The van der Waals surface area contributed by atoms with Crippen LogP contribution in [0.3, 0.4) is 0 Å². The van der Waals surface area contributed by atoms with E-state index >= 15 is 0 Å². The zero-order valence-corrected chi connectivity index (χ0v) is 7.69. The molecule has 13 heavy (non-hydrogen) atoms. The zero-order valence-electron chi connectivity index (χ0n) is 7.69. The Hall–Kier alpha value is -1.51. The predicted octanol–water partition coefficient (Wildman–Crippen LogP) is 2.59. The van der Waals surface area contributed by atoms with Gasteiger partial charge in [-0.3, -0.25) is 0 Å². The lowest BCUT2D eigenvalue weighted by atomic mass is 10.0. The molecule has 3 heteroatoms. The Morgan fingerprint density at radius 1 is 1.38 bits per heavy atom. The molecule has 0 saturated heterocycles. The summed E-state index contributed by atoms with van der Waals surface area (Å²) in [6.07, 6.45) is 0. The standard InChI is InChI=1S/C10H11N2O/c1-7-9-5-3-4-6-10(9)11-8(2)12(7)13/h3-7H,1-2H3/q+1. The minimum absolute atomic E-state index is 0.117. The van der Waals surface area contributed by atoms with Gasteiger partial charge in [0.1, 0.15) is 0 Å². The topological polar surface area (TPSA) is 32.4 Å². The predicted molar refractivity (Wildman–Crippen MR) is 51.3 cm³/mol. The highest BCUT2D eigenvalue weighted by atomic mass is 16.3. The first-order valence-corrected chi connectivity index (χ1v) is 4.30. The molecule has 66 valence electrons. The van der Waals surface area contributed by atoms with Gasteiger partial charge in [0.15, 0.2) is 11.7 Å². The first-order valence-electron chi connectivity index (χ1n) is 4.30. The van der Waals surface area contributed by atoms with Crippen molar-refractivity contribution in [1.29, 1.82) is 0 Å². The number of amidine groups is 1. The van der Waals surface area contributed by atoms with E-state index in [0.717, 1.165) is 16.0 Å². The highest BCUT2D eigenvalue weighted by Gasteiger charge is 2.30. The van der Waals surface area contributed by atoms with Gasteiger partial charge in [-0.05, 0) is 22.7 Å². The fraction of sp³-hybridized carbons (Fsp3) is 0.300. The summed E-state index contributed by atoms with van der Waals surface area (Å²) in [5.74, 6) is 0.534. The molecule has 1 atom stereocenters. The highest BCUT2D eigenvalue weighted by molar-refractivity contribution is 5.77. The van der Waals surface area contributed by atoms with Gasteiger partial charge >= 0.3 is 5.84 Å². The van der Waals surface area contributed by atoms with Crippen molar-refractivity contribution >= 4 is 11.5 Å². The molecule has 0 aromatic heterocycles. The van der Waals surface area contributed by atoms with Crippen LogP contribution < -0.4 is 0 Å². The molecule has 0 N–H and O–H groups in total. The SMILES string of the molecule is CC1=Nc2ccccc2C(C)[N+]1=O. The number of hydrogen-bond acceptors (Lipinski definition) is 2. The number of benzene rings is 1. The normalized spacial score (nSPS) is 20.9. The highest BCUT2D eigenvalue weighted by Crippen LogP contribution is 2.31. The third kappa shape index (κ3) is 1.16. The molecular formula is C10H11N2O+. The molecule has 1 aromatic carbocycles. The molecule has 0 spiro atoms. The van der Waals surface area contributed by atoms with Crippen molar-refractivity contribution in [2.45, 2.75) is 19.9 Å². The summed E-state index contributed by atoms with van der Waals surface area (Å²) in [5.41, 5.74) is 1.92. The molecule has 0 radical (unpaired) electrons. The fourth-order valence-electron chi connectivity index (χ4n) is 1.57. The van der Waals surface area contributed by atoms with Gasteiger partial charge in [0, 0.05) is 6.92 Å². The third-order valence-corrected chi connectivity index (χ3v) is 2.34. The van der Waals surface area contributed by atoms with E-state index in [0.29, 0.717) is 5.84 Å². The zero-order chi connectivity index (χ0) is 9.42. The second-order valence-corrected chi connectivity index (χ2v) is 3.22. The van der Waals surface area contributed by atoms with Gasteiger partial charge in [0.25, 0.3) is 0 Å². The van der Waals surface area contributed by atoms with Crippen molar-refractivity contribution < 1.29 is 4.76 Å². The molecule has 0 aliphatic carbocycles. The van der Waals surface area contributed by atoms with E-state index in [2.05, 4.69) is 4.99 Å². The summed E-state index contributed by atoms with van der Waals surface area (Å²) < 4.78 is 0.947. The summed E-state index contributed by atoms with van der Waals surface area (Å²) >= 11 is 0. The Labute approximate surface area is 76.7 Å². The van der Waals surface area contributed by atoms with Gasteiger partial charge < -0.3 is 0 Å². The minimum Gasteiger partial charge on any atom is -0.0648 e. The maximum Gasteiger partial charge on any atom is 0.334 e.